The van der Waals surface area contributed by atoms with Gasteiger partial charge in [-0.2, -0.15) is 0 Å². The summed E-state index contributed by atoms with van der Waals surface area (Å²) in [5, 5.41) is 6.29. The first-order valence-electron chi connectivity index (χ1n) is 9.34. The van der Waals surface area contributed by atoms with Gasteiger partial charge in [0.15, 0.2) is 15.8 Å². The first-order valence-corrected chi connectivity index (χ1v) is 11.4. The molecule has 0 spiro atoms. The molecule has 0 amide bonds. The van der Waals surface area contributed by atoms with Crippen LogP contribution in [-0.4, -0.2) is 34.3 Å². The summed E-state index contributed by atoms with van der Waals surface area (Å²) in [6, 6.07) is 12.1. The highest BCUT2D eigenvalue weighted by Gasteiger charge is 2.11. The van der Waals surface area contributed by atoms with E-state index in [4.69, 9.17) is 4.74 Å². The van der Waals surface area contributed by atoms with Crippen molar-refractivity contribution in [1.29, 1.82) is 0 Å². The van der Waals surface area contributed by atoms with Crippen LogP contribution in [0.2, 0.25) is 0 Å². The van der Waals surface area contributed by atoms with Crippen LogP contribution in [0.1, 0.15) is 29.2 Å². The van der Waals surface area contributed by atoms with Crippen molar-refractivity contribution in [2.75, 3.05) is 19.9 Å². The average Bonchev–Trinajstić information content (AvgIpc) is 2.66. The number of ether oxygens (including phenoxy) is 1. The summed E-state index contributed by atoms with van der Waals surface area (Å²) in [6.45, 7) is 3.92. The Labute approximate surface area is 195 Å². The minimum atomic E-state index is -3.22. The van der Waals surface area contributed by atoms with E-state index in [9.17, 15) is 12.8 Å². The standard InChI is InChI=1S/C21H28FN3O3S.HI/c1-4-23-21(24-12-16-5-7-17(8-6-16)14-28-2)25-13-19-11-20(22)10-9-18(19)15-29(3,26)27;/h5-11H,4,12-15H2,1-3H3,(H2,23,24,25);1H. The fraction of sp³-hybridized carbons (Fsp3) is 0.381. The lowest BCUT2D eigenvalue weighted by Gasteiger charge is -2.14. The van der Waals surface area contributed by atoms with Gasteiger partial charge < -0.3 is 15.4 Å². The number of halogens is 2. The minimum Gasteiger partial charge on any atom is -0.380 e. The van der Waals surface area contributed by atoms with E-state index in [1.54, 1.807) is 7.11 Å². The van der Waals surface area contributed by atoms with Gasteiger partial charge in [0.1, 0.15) is 5.82 Å². The molecule has 0 atom stereocenters. The van der Waals surface area contributed by atoms with E-state index in [0.717, 1.165) is 17.4 Å². The molecule has 0 aliphatic heterocycles. The van der Waals surface area contributed by atoms with Gasteiger partial charge in [0, 0.05) is 26.5 Å². The summed E-state index contributed by atoms with van der Waals surface area (Å²) in [5.74, 6) is 0.0337. The molecule has 0 fully saturated rings. The molecular formula is C21H29FIN3O3S. The molecule has 2 aromatic carbocycles. The van der Waals surface area contributed by atoms with Crippen molar-refractivity contribution >= 4 is 39.8 Å². The lowest BCUT2D eigenvalue weighted by molar-refractivity contribution is 0.185. The Morgan fingerprint density at radius 3 is 2.33 bits per heavy atom. The first-order chi connectivity index (χ1) is 13.8. The van der Waals surface area contributed by atoms with Crippen LogP contribution < -0.4 is 10.6 Å². The van der Waals surface area contributed by atoms with Gasteiger partial charge in [-0.1, -0.05) is 30.3 Å². The van der Waals surface area contributed by atoms with Crippen molar-refractivity contribution in [3.05, 3.63) is 70.5 Å². The first kappa shape index (κ1) is 26.3. The van der Waals surface area contributed by atoms with Crippen LogP contribution in [0.3, 0.4) is 0 Å². The Hall–Kier alpha value is -1.72. The number of hydrogen-bond donors (Lipinski definition) is 2. The van der Waals surface area contributed by atoms with Gasteiger partial charge in [0.2, 0.25) is 0 Å². The van der Waals surface area contributed by atoms with Gasteiger partial charge in [-0.25, -0.2) is 17.8 Å². The monoisotopic (exact) mass is 549 g/mol. The lowest BCUT2D eigenvalue weighted by atomic mass is 10.1. The number of nitrogens with one attached hydrogen (secondary N) is 2. The van der Waals surface area contributed by atoms with Gasteiger partial charge in [0.25, 0.3) is 0 Å². The molecule has 166 valence electrons. The van der Waals surface area contributed by atoms with Crippen molar-refractivity contribution in [1.82, 2.24) is 10.6 Å². The Bertz CT molecular complexity index is 935. The van der Waals surface area contributed by atoms with Gasteiger partial charge >= 0.3 is 0 Å². The zero-order chi connectivity index (χ0) is 21.3. The van der Waals surface area contributed by atoms with Crippen LogP contribution in [-0.2, 0) is 40.0 Å². The maximum absolute atomic E-state index is 13.7. The molecule has 0 bridgehead atoms. The Morgan fingerprint density at radius 2 is 1.73 bits per heavy atom. The Balaban J connectivity index is 0.00000450. The number of rotatable bonds is 9. The minimum absolute atomic E-state index is 0. The number of benzene rings is 2. The highest BCUT2D eigenvalue weighted by atomic mass is 127. The average molecular weight is 549 g/mol. The number of aliphatic imine (C=N–C) groups is 1. The summed E-state index contributed by atoms with van der Waals surface area (Å²) >= 11 is 0. The van der Waals surface area contributed by atoms with Gasteiger partial charge in [-0.3, -0.25) is 0 Å². The molecule has 0 saturated heterocycles. The van der Waals surface area contributed by atoms with Gasteiger partial charge in [-0.15, -0.1) is 24.0 Å². The zero-order valence-corrected chi connectivity index (χ0v) is 20.6. The number of methoxy groups -OCH3 is 1. The third-order valence-electron chi connectivity index (χ3n) is 4.13. The Kier molecular flexibility index (Phi) is 11.3. The molecule has 6 nitrogen and oxygen atoms in total. The number of nitrogens with zero attached hydrogens (tertiary/aromatic N) is 1. The quantitative estimate of drug-likeness (QED) is 0.285. The molecule has 2 N–H and O–H groups in total. The summed E-state index contributed by atoms with van der Waals surface area (Å²) in [4.78, 5) is 4.55. The molecule has 0 saturated carbocycles. The molecule has 2 rings (SSSR count). The van der Waals surface area contributed by atoms with Crippen molar-refractivity contribution in [2.24, 2.45) is 4.99 Å². The smallest absolute Gasteiger partial charge is 0.191 e. The molecule has 0 unspecified atom stereocenters. The van der Waals surface area contributed by atoms with E-state index in [1.807, 2.05) is 31.2 Å². The van der Waals surface area contributed by atoms with E-state index in [-0.39, 0.29) is 36.3 Å². The molecule has 9 heteroatoms. The second kappa shape index (κ2) is 12.9. The summed E-state index contributed by atoms with van der Waals surface area (Å²) in [5.41, 5.74) is 3.30. The fourth-order valence-electron chi connectivity index (χ4n) is 2.78. The Morgan fingerprint density at radius 1 is 1.07 bits per heavy atom. The van der Waals surface area contributed by atoms with Crippen molar-refractivity contribution in [2.45, 2.75) is 32.4 Å². The second-order valence-electron chi connectivity index (χ2n) is 6.78. The molecule has 0 heterocycles. The van der Waals surface area contributed by atoms with Crippen molar-refractivity contribution in [3.63, 3.8) is 0 Å². The van der Waals surface area contributed by atoms with E-state index in [1.165, 1.54) is 18.2 Å². The van der Waals surface area contributed by atoms with E-state index in [2.05, 4.69) is 15.6 Å². The van der Waals surface area contributed by atoms with Crippen molar-refractivity contribution < 1.29 is 17.5 Å². The largest absolute Gasteiger partial charge is 0.380 e. The topological polar surface area (TPSA) is 79.8 Å². The van der Waals surface area contributed by atoms with Crippen LogP contribution in [0.25, 0.3) is 0 Å². The second-order valence-corrected chi connectivity index (χ2v) is 8.92. The van der Waals surface area contributed by atoms with Crippen LogP contribution >= 0.6 is 24.0 Å². The number of sulfone groups is 1. The maximum atomic E-state index is 13.7. The SMILES string of the molecule is CCNC(=NCc1ccc(COC)cc1)NCc1cc(F)ccc1CS(C)(=O)=O.I. The molecular weight excluding hydrogens is 520 g/mol. The third-order valence-corrected chi connectivity index (χ3v) is 4.97. The van der Waals surface area contributed by atoms with Gasteiger partial charge in [-0.05, 0) is 41.3 Å². The molecule has 30 heavy (non-hydrogen) atoms. The molecule has 0 radical (unpaired) electrons. The fourth-order valence-corrected chi connectivity index (χ4v) is 3.63. The normalized spacial score (nSPS) is 11.7. The van der Waals surface area contributed by atoms with E-state index in [0.29, 0.717) is 36.8 Å². The highest BCUT2D eigenvalue weighted by molar-refractivity contribution is 14.0. The zero-order valence-electron chi connectivity index (χ0n) is 17.4. The molecule has 0 aromatic heterocycles. The summed E-state index contributed by atoms with van der Waals surface area (Å²) in [6.07, 6.45) is 1.16. The third kappa shape index (κ3) is 9.40. The number of guanidine groups is 1. The lowest BCUT2D eigenvalue weighted by Crippen LogP contribution is -2.37. The predicted octanol–water partition coefficient (Wildman–Crippen LogP) is 3.39. The number of hydrogen-bond acceptors (Lipinski definition) is 4. The highest BCUT2D eigenvalue weighted by Crippen LogP contribution is 2.14. The van der Waals surface area contributed by atoms with E-state index < -0.39 is 15.7 Å². The van der Waals surface area contributed by atoms with Gasteiger partial charge in [0.05, 0.1) is 18.9 Å². The molecule has 0 aliphatic carbocycles. The van der Waals surface area contributed by atoms with Crippen LogP contribution in [0.15, 0.2) is 47.5 Å². The molecule has 0 aliphatic rings. The molecule has 2 aromatic rings. The maximum Gasteiger partial charge on any atom is 0.191 e. The van der Waals surface area contributed by atoms with Crippen LogP contribution in [0.5, 0.6) is 0 Å². The van der Waals surface area contributed by atoms with E-state index >= 15 is 0 Å². The summed E-state index contributed by atoms with van der Waals surface area (Å²) in [7, 11) is -1.56. The van der Waals surface area contributed by atoms with Crippen LogP contribution in [0.4, 0.5) is 4.39 Å². The summed E-state index contributed by atoms with van der Waals surface area (Å²) < 4.78 is 42.1. The predicted molar refractivity (Wildman–Crippen MR) is 129 cm³/mol. The van der Waals surface area contributed by atoms with Crippen LogP contribution in [0, 0.1) is 5.82 Å². The van der Waals surface area contributed by atoms with Crippen molar-refractivity contribution in [3.8, 4) is 0 Å².